The van der Waals surface area contributed by atoms with E-state index in [-0.39, 0.29) is 24.3 Å². The lowest BCUT2D eigenvalue weighted by Gasteiger charge is -2.34. The average Bonchev–Trinajstić information content (AvgIpc) is 2.61. The van der Waals surface area contributed by atoms with Gasteiger partial charge in [0.25, 0.3) is 0 Å². The van der Waals surface area contributed by atoms with Crippen LogP contribution in [0.3, 0.4) is 0 Å². The van der Waals surface area contributed by atoms with Crippen molar-refractivity contribution in [2.24, 2.45) is 5.92 Å². The lowest BCUT2D eigenvalue weighted by molar-refractivity contribution is -0.134. The minimum Gasteiger partial charge on any atom is -0.347 e. The molecule has 1 aliphatic heterocycles. The largest absolute Gasteiger partial charge is 0.347 e. The van der Waals surface area contributed by atoms with Crippen LogP contribution in [0.1, 0.15) is 26.7 Å². The van der Waals surface area contributed by atoms with Gasteiger partial charge in [0.2, 0.25) is 17.8 Å². The highest BCUT2D eigenvalue weighted by atomic mass is 16.2. The zero-order valence-electron chi connectivity index (χ0n) is 13.9. The molecule has 0 atom stereocenters. The van der Waals surface area contributed by atoms with Gasteiger partial charge >= 0.3 is 0 Å². The summed E-state index contributed by atoms with van der Waals surface area (Å²) in [6.45, 7) is 6.71. The minimum absolute atomic E-state index is 0.00474. The van der Waals surface area contributed by atoms with Gasteiger partial charge in [-0.1, -0.05) is 13.8 Å². The first-order valence-electron chi connectivity index (χ1n) is 8.23. The highest BCUT2D eigenvalue weighted by molar-refractivity contribution is 5.85. The van der Waals surface area contributed by atoms with Crippen molar-refractivity contribution in [3.8, 4) is 0 Å². The molecular weight excluding hydrogens is 294 g/mol. The van der Waals surface area contributed by atoms with Crippen LogP contribution in [0.15, 0.2) is 18.5 Å². The maximum absolute atomic E-state index is 12.2. The minimum atomic E-state index is -0.0297. The first-order chi connectivity index (χ1) is 11.2. The fraction of sp³-hybridized carbons (Fsp3) is 0.625. The van der Waals surface area contributed by atoms with Crippen LogP contribution in [0.4, 0.5) is 5.95 Å². The summed E-state index contributed by atoms with van der Waals surface area (Å²) in [4.78, 5) is 36.4. The molecule has 1 aromatic heterocycles. The number of aromatic nitrogens is 2. The first-order valence-corrected chi connectivity index (χ1v) is 8.23. The van der Waals surface area contributed by atoms with E-state index >= 15 is 0 Å². The number of rotatable bonds is 6. The van der Waals surface area contributed by atoms with Crippen molar-refractivity contribution in [2.45, 2.75) is 26.7 Å². The SMILES string of the molecule is CCC(CC)C(=O)NCC(=O)N1CCN(c2ncccn2)CC1. The maximum atomic E-state index is 12.2. The fourth-order valence-corrected chi connectivity index (χ4v) is 2.69. The number of anilines is 1. The molecule has 23 heavy (non-hydrogen) atoms. The standard InChI is InChI=1S/C16H25N5O2/c1-3-13(4-2)15(23)19-12-14(22)20-8-10-21(11-9-20)16-17-6-5-7-18-16/h5-7,13H,3-4,8-12H2,1-2H3,(H,19,23). The van der Waals surface area contributed by atoms with E-state index in [0.717, 1.165) is 12.8 Å². The van der Waals surface area contributed by atoms with Gasteiger partial charge in [0.15, 0.2) is 0 Å². The third-order valence-electron chi connectivity index (χ3n) is 4.24. The number of carbonyl (C=O) groups is 2. The third kappa shape index (κ3) is 4.64. The fourth-order valence-electron chi connectivity index (χ4n) is 2.69. The van der Waals surface area contributed by atoms with Crippen molar-refractivity contribution in [2.75, 3.05) is 37.6 Å². The van der Waals surface area contributed by atoms with Gasteiger partial charge in [-0.05, 0) is 18.9 Å². The lowest BCUT2D eigenvalue weighted by atomic mass is 10.0. The zero-order chi connectivity index (χ0) is 16.7. The van der Waals surface area contributed by atoms with Crippen molar-refractivity contribution in [3.63, 3.8) is 0 Å². The molecule has 2 heterocycles. The van der Waals surface area contributed by atoms with Crippen molar-refractivity contribution >= 4 is 17.8 Å². The number of hydrogen-bond donors (Lipinski definition) is 1. The van der Waals surface area contributed by atoms with Gasteiger partial charge in [-0.15, -0.1) is 0 Å². The number of carbonyl (C=O) groups excluding carboxylic acids is 2. The van der Waals surface area contributed by atoms with Gasteiger partial charge in [0, 0.05) is 44.5 Å². The predicted octanol–water partition coefficient (Wildman–Crippen LogP) is 0.678. The summed E-state index contributed by atoms with van der Waals surface area (Å²) in [6, 6.07) is 1.78. The molecule has 0 saturated carbocycles. The highest BCUT2D eigenvalue weighted by Gasteiger charge is 2.23. The van der Waals surface area contributed by atoms with E-state index in [1.165, 1.54) is 0 Å². The number of piperazine rings is 1. The molecule has 1 N–H and O–H groups in total. The summed E-state index contributed by atoms with van der Waals surface area (Å²) in [7, 11) is 0. The number of nitrogens with one attached hydrogen (secondary N) is 1. The van der Waals surface area contributed by atoms with Crippen LogP contribution in [-0.4, -0.2) is 59.4 Å². The third-order valence-corrected chi connectivity index (χ3v) is 4.24. The molecule has 1 aliphatic rings. The Labute approximate surface area is 137 Å². The van der Waals surface area contributed by atoms with Crippen LogP contribution in [-0.2, 0) is 9.59 Å². The molecule has 1 aromatic rings. The van der Waals surface area contributed by atoms with Crippen LogP contribution >= 0.6 is 0 Å². The molecule has 7 heteroatoms. The summed E-state index contributed by atoms with van der Waals surface area (Å²) >= 11 is 0. The molecule has 126 valence electrons. The zero-order valence-corrected chi connectivity index (χ0v) is 13.9. The Hall–Kier alpha value is -2.18. The van der Waals surface area contributed by atoms with Crippen molar-refractivity contribution in [3.05, 3.63) is 18.5 Å². The van der Waals surface area contributed by atoms with E-state index in [0.29, 0.717) is 32.1 Å². The molecule has 0 unspecified atom stereocenters. The Bertz CT molecular complexity index is 510. The first kappa shape index (κ1) is 17.2. The van der Waals surface area contributed by atoms with Crippen molar-refractivity contribution in [1.82, 2.24) is 20.2 Å². The second kappa shape index (κ2) is 8.45. The molecule has 2 rings (SSSR count). The maximum Gasteiger partial charge on any atom is 0.242 e. The molecule has 0 aliphatic carbocycles. The Morgan fingerprint density at radius 3 is 2.30 bits per heavy atom. The summed E-state index contributed by atoms with van der Waals surface area (Å²) < 4.78 is 0. The van der Waals surface area contributed by atoms with E-state index in [2.05, 4.69) is 20.2 Å². The molecule has 0 bridgehead atoms. The molecule has 1 fully saturated rings. The topological polar surface area (TPSA) is 78.4 Å². The highest BCUT2D eigenvalue weighted by Crippen LogP contribution is 2.10. The van der Waals surface area contributed by atoms with Crippen LogP contribution in [0.5, 0.6) is 0 Å². The lowest BCUT2D eigenvalue weighted by Crippen LogP contribution is -2.52. The normalized spacial score (nSPS) is 14.9. The number of nitrogens with zero attached hydrogens (tertiary/aromatic N) is 4. The predicted molar refractivity (Wildman–Crippen MR) is 87.9 cm³/mol. The molecule has 2 amide bonds. The van der Waals surface area contributed by atoms with Gasteiger partial charge < -0.3 is 15.1 Å². The van der Waals surface area contributed by atoms with E-state index in [1.807, 2.05) is 13.8 Å². The molecular formula is C16H25N5O2. The van der Waals surface area contributed by atoms with E-state index in [9.17, 15) is 9.59 Å². The van der Waals surface area contributed by atoms with Crippen molar-refractivity contribution in [1.29, 1.82) is 0 Å². The summed E-state index contributed by atoms with van der Waals surface area (Å²) in [5.41, 5.74) is 0. The van der Waals surface area contributed by atoms with E-state index < -0.39 is 0 Å². The molecule has 7 nitrogen and oxygen atoms in total. The van der Waals surface area contributed by atoms with Gasteiger partial charge in [-0.3, -0.25) is 9.59 Å². The summed E-state index contributed by atoms with van der Waals surface area (Å²) in [5, 5.41) is 2.76. The molecule has 1 saturated heterocycles. The van der Waals surface area contributed by atoms with Gasteiger partial charge in [-0.2, -0.15) is 0 Å². The van der Waals surface area contributed by atoms with Gasteiger partial charge in [0.1, 0.15) is 0 Å². The number of amides is 2. The van der Waals surface area contributed by atoms with Gasteiger partial charge in [-0.25, -0.2) is 9.97 Å². The Morgan fingerprint density at radius 2 is 1.74 bits per heavy atom. The quantitative estimate of drug-likeness (QED) is 0.834. The van der Waals surface area contributed by atoms with Crippen LogP contribution in [0.25, 0.3) is 0 Å². The molecule has 0 radical (unpaired) electrons. The monoisotopic (exact) mass is 319 g/mol. The Kier molecular flexibility index (Phi) is 6.31. The Balaban J connectivity index is 1.76. The van der Waals surface area contributed by atoms with Gasteiger partial charge in [0.05, 0.1) is 6.54 Å². The summed E-state index contributed by atoms with van der Waals surface area (Å²) in [5.74, 6) is 0.633. The van der Waals surface area contributed by atoms with Crippen molar-refractivity contribution < 1.29 is 9.59 Å². The van der Waals surface area contributed by atoms with Crippen LogP contribution in [0, 0.1) is 5.92 Å². The molecule has 0 spiro atoms. The van der Waals surface area contributed by atoms with Crippen LogP contribution in [0.2, 0.25) is 0 Å². The second-order valence-corrected chi connectivity index (χ2v) is 5.65. The van der Waals surface area contributed by atoms with E-state index in [4.69, 9.17) is 0 Å². The number of hydrogen-bond acceptors (Lipinski definition) is 5. The smallest absolute Gasteiger partial charge is 0.242 e. The summed E-state index contributed by atoms with van der Waals surface area (Å²) in [6.07, 6.45) is 5.03. The molecule has 0 aromatic carbocycles. The average molecular weight is 319 g/mol. The van der Waals surface area contributed by atoms with Crippen LogP contribution < -0.4 is 10.2 Å². The second-order valence-electron chi connectivity index (χ2n) is 5.65. The van der Waals surface area contributed by atoms with E-state index in [1.54, 1.807) is 23.4 Å². The Morgan fingerprint density at radius 1 is 1.13 bits per heavy atom.